The van der Waals surface area contributed by atoms with Gasteiger partial charge in [-0.1, -0.05) is 27.7 Å². The van der Waals surface area contributed by atoms with E-state index in [1.54, 1.807) is 27.7 Å². The van der Waals surface area contributed by atoms with Crippen molar-refractivity contribution >= 4 is 47.4 Å². The number of carboxylic acids is 1. The molecule has 0 rings (SSSR count). The van der Waals surface area contributed by atoms with Gasteiger partial charge in [0.25, 0.3) is 0 Å². The number of aliphatic hydroxyl groups excluding tert-OH is 2. The summed E-state index contributed by atoms with van der Waals surface area (Å²) in [5, 5.41) is 43.9. The minimum Gasteiger partial charge on any atom is -0.480 e. The van der Waals surface area contributed by atoms with E-state index < -0.39 is 102 Å². The molecule has 0 radical (unpaired) electrons. The Bertz CT molecular complexity index is 1240. The van der Waals surface area contributed by atoms with Crippen LogP contribution in [0.2, 0.25) is 0 Å². The van der Waals surface area contributed by atoms with E-state index in [2.05, 4.69) is 36.9 Å². The molecule has 0 heterocycles. The van der Waals surface area contributed by atoms with Crippen LogP contribution >= 0.6 is 0 Å². The highest BCUT2D eigenvalue weighted by Crippen LogP contribution is 2.09. The third kappa shape index (κ3) is 17.3. The van der Waals surface area contributed by atoms with Crippen LogP contribution < -0.4 is 49.1 Å². The summed E-state index contributed by atoms with van der Waals surface area (Å²) in [5.41, 5.74) is 16.5. The van der Waals surface area contributed by atoms with Crippen LogP contribution in [0.3, 0.4) is 0 Å². The summed E-state index contributed by atoms with van der Waals surface area (Å²) in [6.45, 7) is 12.0. The lowest BCUT2D eigenvalue weighted by molar-refractivity contribution is -0.143. The van der Waals surface area contributed by atoms with E-state index in [1.807, 2.05) is 0 Å². The summed E-state index contributed by atoms with van der Waals surface area (Å²) >= 11 is 0. The molecule has 15 N–H and O–H groups in total. The summed E-state index contributed by atoms with van der Waals surface area (Å²) in [7, 11) is 0. The molecule has 0 bridgehead atoms. The molecule has 20 heteroatoms. The molecule has 0 aliphatic heterocycles. The van der Waals surface area contributed by atoms with Crippen LogP contribution in [0.25, 0.3) is 0 Å². The molecule has 0 unspecified atom stereocenters. The van der Waals surface area contributed by atoms with E-state index in [0.29, 0.717) is 0 Å². The van der Waals surface area contributed by atoms with Crippen molar-refractivity contribution in [3.8, 4) is 0 Å². The molecule has 0 aromatic heterocycles. The summed E-state index contributed by atoms with van der Waals surface area (Å²) in [6.07, 6.45) is -2.42. The van der Waals surface area contributed by atoms with Crippen LogP contribution in [0.5, 0.6) is 0 Å². The first-order valence-corrected chi connectivity index (χ1v) is 16.7. The molecule has 6 amide bonds. The fraction of sp³-hybridized carbons (Fsp3) is 0.742. The zero-order valence-corrected chi connectivity index (χ0v) is 30.6. The molecule has 9 atom stereocenters. The van der Waals surface area contributed by atoms with Crippen molar-refractivity contribution in [2.75, 3.05) is 6.54 Å². The number of nitrogens with zero attached hydrogens (tertiary/aromatic N) is 1. The van der Waals surface area contributed by atoms with Crippen molar-refractivity contribution in [1.82, 2.24) is 31.9 Å². The van der Waals surface area contributed by atoms with Gasteiger partial charge in [-0.25, -0.2) is 4.79 Å². The van der Waals surface area contributed by atoms with Gasteiger partial charge < -0.3 is 64.4 Å². The van der Waals surface area contributed by atoms with Crippen molar-refractivity contribution in [2.45, 2.75) is 129 Å². The molecule has 0 saturated carbocycles. The molecule has 0 aromatic rings. The highest BCUT2D eigenvalue weighted by molar-refractivity contribution is 5.97. The Hall–Kier alpha value is -4.56. The lowest BCUT2D eigenvalue weighted by Crippen LogP contribution is -2.61. The molecular formula is C31H58N10O10. The van der Waals surface area contributed by atoms with Gasteiger partial charge in [0.05, 0.1) is 12.2 Å². The Morgan fingerprint density at radius 3 is 1.53 bits per heavy atom. The SMILES string of the molecule is CC(C)C[C@H](NC(=O)[C@@H](N)[C@@H](C)O)C(=O)N[C@@H](CCCN=C(N)N)C(=O)N[C@H](C(=O)N[C@@H](C)C(=O)N[C@@H](C)C(=O)N[C@H](C(=O)O)C(C)C)[C@@H](C)O. The van der Waals surface area contributed by atoms with Crippen molar-refractivity contribution in [1.29, 1.82) is 0 Å². The standard InChI is InChI=1S/C31H58N10O10/c1-13(2)12-20(39-28(48)21(32)17(7)42)27(47)38-19(10-9-11-35-31(33)34)26(46)41-23(18(8)43)29(49)37-15(5)24(44)36-16(6)25(45)40-22(14(3)4)30(50)51/h13-23,42-43H,9-12,32H2,1-8H3,(H,36,44)(H,37,49)(H,38,47)(H,39,48)(H,40,45)(H,41,46)(H,50,51)(H4,33,34,35)/t15-,16-,17+,18+,19-,20-,21-,22-,23-/m0/s1. The van der Waals surface area contributed by atoms with Crippen LogP contribution in [0, 0.1) is 11.8 Å². The van der Waals surface area contributed by atoms with E-state index >= 15 is 0 Å². The molecule has 0 aromatic carbocycles. The first-order valence-electron chi connectivity index (χ1n) is 16.7. The first kappa shape index (κ1) is 46.4. The van der Waals surface area contributed by atoms with Gasteiger partial charge in [0.15, 0.2) is 5.96 Å². The van der Waals surface area contributed by atoms with Gasteiger partial charge in [0.2, 0.25) is 35.4 Å². The Balaban J connectivity index is 5.89. The van der Waals surface area contributed by atoms with E-state index in [4.69, 9.17) is 17.2 Å². The molecule has 51 heavy (non-hydrogen) atoms. The fourth-order valence-electron chi connectivity index (χ4n) is 4.46. The molecular weight excluding hydrogens is 672 g/mol. The Morgan fingerprint density at radius 1 is 0.608 bits per heavy atom. The van der Waals surface area contributed by atoms with Crippen molar-refractivity contribution in [2.24, 2.45) is 34.0 Å². The Kier molecular flexibility index (Phi) is 20.3. The van der Waals surface area contributed by atoms with Crippen LogP contribution in [0.15, 0.2) is 4.99 Å². The third-order valence-electron chi connectivity index (χ3n) is 7.54. The number of carboxylic acid groups (broad SMARTS) is 1. The zero-order chi connectivity index (χ0) is 39.7. The van der Waals surface area contributed by atoms with E-state index in [9.17, 15) is 48.9 Å². The number of rotatable bonds is 22. The number of carbonyl (C=O) groups is 7. The minimum absolute atomic E-state index is 0.0453. The number of nitrogens with two attached hydrogens (primary N) is 3. The quantitative estimate of drug-likeness (QED) is 0.0286. The Labute approximate surface area is 297 Å². The average molecular weight is 731 g/mol. The Morgan fingerprint density at radius 2 is 1.08 bits per heavy atom. The summed E-state index contributed by atoms with van der Waals surface area (Å²) < 4.78 is 0. The summed E-state index contributed by atoms with van der Waals surface area (Å²) in [6, 6.07) is -9.08. The number of amides is 6. The second kappa shape index (κ2) is 22.3. The number of aliphatic hydroxyl groups is 2. The second-order valence-corrected chi connectivity index (χ2v) is 13.2. The van der Waals surface area contributed by atoms with Crippen molar-refractivity contribution in [3.63, 3.8) is 0 Å². The van der Waals surface area contributed by atoms with Gasteiger partial charge in [0.1, 0.15) is 42.3 Å². The normalized spacial score (nSPS) is 16.5. The maximum Gasteiger partial charge on any atom is 0.326 e. The number of guanidine groups is 1. The number of aliphatic imine (C=N–C) groups is 1. The predicted octanol–water partition coefficient (Wildman–Crippen LogP) is -4.14. The van der Waals surface area contributed by atoms with Gasteiger partial charge in [-0.3, -0.25) is 33.8 Å². The highest BCUT2D eigenvalue weighted by Gasteiger charge is 2.34. The van der Waals surface area contributed by atoms with E-state index in [1.165, 1.54) is 27.7 Å². The minimum atomic E-state index is -1.62. The number of aliphatic carboxylic acids is 1. The van der Waals surface area contributed by atoms with Gasteiger partial charge >= 0.3 is 5.97 Å². The maximum atomic E-state index is 13.5. The van der Waals surface area contributed by atoms with Crippen LogP contribution in [-0.4, -0.2) is 124 Å². The second-order valence-electron chi connectivity index (χ2n) is 13.2. The molecule has 0 aliphatic carbocycles. The fourth-order valence-corrected chi connectivity index (χ4v) is 4.46. The highest BCUT2D eigenvalue weighted by atomic mass is 16.4. The monoisotopic (exact) mass is 730 g/mol. The molecule has 0 spiro atoms. The predicted molar refractivity (Wildman–Crippen MR) is 186 cm³/mol. The lowest BCUT2D eigenvalue weighted by Gasteiger charge is -2.28. The number of nitrogens with one attached hydrogen (secondary N) is 6. The first-order chi connectivity index (χ1) is 23.5. The topological polar surface area (TPSA) is 343 Å². The van der Waals surface area contributed by atoms with E-state index in [0.717, 1.165) is 0 Å². The number of carbonyl (C=O) groups excluding carboxylic acids is 6. The maximum absolute atomic E-state index is 13.5. The number of hydrogen-bond donors (Lipinski definition) is 12. The van der Waals surface area contributed by atoms with Gasteiger partial charge in [-0.2, -0.15) is 0 Å². The molecule has 0 saturated heterocycles. The van der Waals surface area contributed by atoms with Crippen LogP contribution in [-0.2, 0) is 33.6 Å². The van der Waals surface area contributed by atoms with Gasteiger partial charge in [0, 0.05) is 6.54 Å². The zero-order valence-electron chi connectivity index (χ0n) is 30.6. The van der Waals surface area contributed by atoms with Crippen molar-refractivity contribution in [3.05, 3.63) is 0 Å². The molecule has 20 nitrogen and oxygen atoms in total. The molecule has 292 valence electrons. The number of hydrogen-bond acceptors (Lipinski definition) is 11. The molecule has 0 aliphatic rings. The smallest absolute Gasteiger partial charge is 0.326 e. The molecule has 0 fully saturated rings. The van der Waals surface area contributed by atoms with E-state index in [-0.39, 0.29) is 37.7 Å². The van der Waals surface area contributed by atoms with Crippen molar-refractivity contribution < 1.29 is 48.9 Å². The van der Waals surface area contributed by atoms with Gasteiger partial charge in [-0.05, 0) is 58.8 Å². The van der Waals surface area contributed by atoms with Crippen LogP contribution in [0.4, 0.5) is 0 Å². The summed E-state index contributed by atoms with van der Waals surface area (Å²) in [5.74, 6) is -7.01. The average Bonchev–Trinajstić information content (AvgIpc) is 3.01. The van der Waals surface area contributed by atoms with Gasteiger partial charge in [-0.15, -0.1) is 0 Å². The van der Waals surface area contributed by atoms with Crippen LogP contribution in [0.1, 0.15) is 74.7 Å². The lowest BCUT2D eigenvalue weighted by atomic mass is 10.0. The summed E-state index contributed by atoms with van der Waals surface area (Å²) in [4.78, 5) is 93.2. The largest absolute Gasteiger partial charge is 0.480 e. The third-order valence-corrected chi connectivity index (χ3v) is 7.54.